The number of ether oxygens (including phenoxy) is 3. The minimum Gasteiger partial charge on any atom is -0.385 e. The molecule has 0 spiro atoms. The molecule has 2 heterocycles. The number of hydrogen-bond donors (Lipinski definition) is 3. The highest BCUT2D eigenvalue weighted by Crippen LogP contribution is 2.26. The summed E-state index contributed by atoms with van der Waals surface area (Å²) in [5.74, 6) is -0.495. The van der Waals surface area contributed by atoms with Crippen molar-refractivity contribution in [1.29, 1.82) is 0 Å². The molecule has 7 nitrogen and oxygen atoms in total. The first-order valence-electron chi connectivity index (χ1n) is 8.81. The van der Waals surface area contributed by atoms with Gasteiger partial charge in [-0.05, 0) is 20.3 Å². The summed E-state index contributed by atoms with van der Waals surface area (Å²) in [6.45, 7) is 12.1. The molecule has 0 radical (unpaired) electrons. The van der Waals surface area contributed by atoms with Crippen molar-refractivity contribution in [3.63, 3.8) is 0 Å². The Morgan fingerprint density at radius 1 is 1.09 bits per heavy atom. The summed E-state index contributed by atoms with van der Waals surface area (Å²) in [6.07, 6.45) is 0.994. The number of hydrogen-bond acceptors (Lipinski definition) is 7. The van der Waals surface area contributed by atoms with Crippen LogP contribution in [0.5, 0.6) is 0 Å². The lowest BCUT2D eigenvalue weighted by Gasteiger charge is -2.36. The minimum atomic E-state index is -0.495. The molecule has 2 fully saturated rings. The van der Waals surface area contributed by atoms with Crippen molar-refractivity contribution in [2.75, 3.05) is 66.1 Å². The van der Waals surface area contributed by atoms with Crippen LogP contribution in [-0.4, -0.2) is 89.1 Å². The summed E-state index contributed by atoms with van der Waals surface area (Å²) < 4.78 is 17.2. The maximum Gasteiger partial charge on any atom is 0.165 e. The summed E-state index contributed by atoms with van der Waals surface area (Å²) >= 11 is 0. The summed E-state index contributed by atoms with van der Waals surface area (Å²) in [4.78, 5) is 2.43. The Bertz CT molecular complexity index is 330. The van der Waals surface area contributed by atoms with Gasteiger partial charge in [0.2, 0.25) is 0 Å². The van der Waals surface area contributed by atoms with Crippen LogP contribution in [0.3, 0.4) is 0 Å². The Balaban J connectivity index is 2.00. The zero-order valence-corrected chi connectivity index (χ0v) is 14.9. The maximum absolute atomic E-state index is 6.12. The van der Waals surface area contributed by atoms with Crippen LogP contribution in [0.25, 0.3) is 0 Å². The second-order valence-electron chi connectivity index (χ2n) is 6.66. The molecular formula is C16H34N4O3. The lowest BCUT2D eigenvalue weighted by atomic mass is 10.1. The van der Waals surface area contributed by atoms with Crippen molar-refractivity contribution in [1.82, 2.24) is 20.9 Å². The van der Waals surface area contributed by atoms with Crippen molar-refractivity contribution in [2.45, 2.75) is 38.3 Å². The Morgan fingerprint density at radius 3 is 2.43 bits per heavy atom. The van der Waals surface area contributed by atoms with Gasteiger partial charge in [0, 0.05) is 65.6 Å². The van der Waals surface area contributed by atoms with E-state index < -0.39 is 5.79 Å². The SMILES string of the molecule is COCCC1CNCCNCCNCCN1C1COC(C)(C)O1. The highest BCUT2D eigenvalue weighted by Gasteiger charge is 2.38. The van der Waals surface area contributed by atoms with Gasteiger partial charge in [0.05, 0.1) is 6.61 Å². The molecule has 2 aliphatic rings. The molecule has 0 saturated carbocycles. The van der Waals surface area contributed by atoms with Crippen molar-refractivity contribution < 1.29 is 14.2 Å². The predicted octanol–water partition coefficient (Wildman–Crippen LogP) is -0.415. The van der Waals surface area contributed by atoms with Crippen LogP contribution >= 0.6 is 0 Å². The zero-order valence-electron chi connectivity index (χ0n) is 14.9. The fraction of sp³-hybridized carbons (Fsp3) is 1.00. The summed E-state index contributed by atoms with van der Waals surface area (Å²) in [5.41, 5.74) is 0. The highest BCUT2D eigenvalue weighted by molar-refractivity contribution is 4.82. The standard InChI is InChI=1S/C16H34N4O3/c1-16(2)22-13-15(23-16)20-10-9-18-6-5-17-7-8-19-12-14(20)4-11-21-3/h14-15,17-19H,4-13H2,1-3H3. The number of rotatable bonds is 4. The quantitative estimate of drug-likeness (QED) is 0.647. The van der Waals surface area contributed by atoms with Gasteiger partial charge in [-0.2, -0.15) is 0 Å². The van der Waals surface area contributed by atoms with Crippen molar-refractivity contribution in [3.05, 3.63) is 0 Å². The van der Waals surface area contributed by atoms with Crippen LogP contribution in [0.15, 0.2) is 0 Å². The van der Waals surface area contributed by atoms with E-state index in [1.807, 2.05) is 13.8 Å². The zero-order chi connectivity index (χ0) is 16.5. The molecule has 2 rings (SSSR count). The topological polar surface area (TPSA) is 67.0 Å². The van der Waals surface area contributed by atoms with Crippen LogP contribution in [0, 0.1) is 0 Å². The monoisotopic (exact) mass is 330 g/mol. The number of nitrogens with zero attached hydrogens (tertiary/aromatic N) is 1. The van der Waals surface area contributed by atoms with Gasteiger partial charge in [0.1, 0.15) is 6.23 Å². The second-order valence-corrected chi connectivity index (χ2v) is 6.66. The van der Waals surface area contributed by atoms with Crippen LogP contribution in [0.4, 0.5) is 0 Å². The third kappa shape index (κ3) is 6.62. The molecule has 0 aromatic carbocycles. The fourth-order valence-corrected chi connectivity index (χ4v) is 3.11. The van der Waals surface area contributed by atoms with Gasteiger partial charge in [0.25, 0.3) is 0 Å². The molecule has 2 atom stereocenters. The summed E-state index contributed by atoms with van der Waals surface area (Å²) in [5, 5.41) is 10.5. The largest absolute Gasteiger partial charge is 0.385 e. The van der Waals surface area contributed by atoms with E-state index >= 15 is 0 Å². The Labute approximate surface area is 140 Å². The third-order valence-electron chi connectivity index (χ3n) is 4.37. The first-order chi connectivity index (χ1) is 11.1. The molecule has 2 unspecified atom stereocenters. The molecule has 0 aromatic rings. The molecule has 0 aromatic heterocycles. The first kappa shape index (κ1) is 19.1. The van der Waals surface area contributed by atoms with Gasteiger partial charge in [-0.1, -0.05) is 0 Å². The molecule has 0 aliphatic carbocycles. The molecule has 23 heavy (non-hydrogen) atoms. The average Bonchev–Trinajstić information content (AvgIpc) is 2.86. The molecular weight excluding hydrogens is 296 g/mol. The maximum atomic E-state index is 6.12. The number of methoxy groups -OCH3 is 1. The third-order valence-corrected chi connectivity index (χ3v) is 4.37. The lowest BCUT2D eigenvalue weighted by molar-refractivity contribution is -0.164. The lowest BCUT2D eigenvalue weighted by Crippen LogP contribution is -2.53. The summed E-state index contributed by atoms with van der Waals surface area (Å²) in [6, 6.07) is 0.374. The minimum absolute atomic E-state index is 0.0107. The molecule has 0 amide bonds. The van der Waals surface area contributed by atoms with Crippen LogP contribution in [0.2, 0.25) is 0 Å². The van der Waals surface area contributed by atoms with E-state index in [1.165, 1.54) is 0 Å². The average molecular weight is 330 g/mol. The van der Waals surface area contributed by atoms with E-state index in [0.29, 0.717) is 12.6 Å². The van der Waals surface area contributed by atoms with Gasteiger partial charge in [-0.15, -0.1) is 0 Å². The molecule has 136 valence electrons. The van der Waals surface area contributed by atoms with E-state index in [-0.39, 0.29) is 6.23 Å². The van der Waals surface area contributed by atoms with Crippen LogP contribution in [0.1, 0.15) is 20.3 Å². The Kier molecular flexibility index (Phi) is 8.18. The van der Waals surface area contributed by atoms with Crippen molar-refractivity contribution >= 4 is 0 Å². The normalized spacial score (nSPS) is 31.4. The second kappa shape index (κ2) is 9.88. The van der Waals surface area contributed by atoms with E-state index in [2.05, 4.69) is 20.9 Å². The molecule has 0 bridgehead atoms. The Hall–Kier alpha value is -0.280. The van der Waals surface area contributed by atoms with Crippen molar-refractivity contribution in [3.8, 4) is 0 Å². The first-order valence-corrected chi connectivity index (χ1v) is 8.81. The predicted molar refractivity (Wildman–Crippen MR) is 90.5 cm³/mol. The van der Waals surface area contributed by atoms with Crippen LogP contribution < -0.4 is 16.0 Å². The molecule has 2 aliphatic heterocycles. The number of nitrogens with one attached hydrogen (secondary N) is 3. The van der Waals surface area contributed by atoms with E-state index in [4.69, 9.17) is 14.2 Å². The molecule has 2 saturated heterocycles. The van der Waals surface area contributed by atoms with Gasteiger partial charge >= 0.3 is 0 Å². The molecule has 7 heteroatoms. The Morgan fingerprint density at radius 2 is 1.78 bits per heavy atom. The fourth-order valence-electron chi connectivity index (χ4n) is 3.11. The molecule has 3 N–H and O–H groups in total. The van der Waals surface area contributed by atoms with Crippen LogP contribution in [-0.2, 0) is 14.2 Å². The van der Waals surface area contributed by atoms with E-state index in [9.17, 15) is 0 Å². The van der Waals surface area contributed by atoms with Gasteiger partial charge in [-0.25, -0.2) is 0 Å². The van der Waals surface area contributed by atoms with E-state index in [1.54, 1.807) is 7.11 Å². The van der Waals surface area contributed by atoms with E-state index in [0.717, 1.165) is 58.8 Å². The highest BCUT2D eigenvalue weighted by atomic mass is 16.8. The van der Waals surface area contributed by atoms with Gasteiger partial charge < -0.3 is 30.2 Å². The van der Waals surface area contributed by atoms with Crippen molar-refractivity contribution in [2.24, 2.45) is 0 Å². The van der Waals surface area contributed by atoms with Gasteiger partial charge in [0.15, 0.2) is 5.79 Å². The smallest absolute Gasteiger partial charge is 0.165 e. The summed E-state index contributed by atoms with van der Waals surface area (Å²) in [7, 11) is 1.76. The van der Waals surface area contributed by atoms with Gasteiger partial charge in [-0.3, -0.25) is 4.90 Å².